The van der Waals surface area contributed by atoms with Gasteiger partial charge in [0.15, 0.2) is 11.5 Å². The maximum Gasteiger partial charge on any atom is 0.224 e. The van der Waals surface area contributed by atoms with E-state index in [1.807, 2.05) is 25.6 Å². The SMILES string of the molecule is COc1cc(NC(=O)CCc2c(C)nn(C)c2C)cc(OC)c1OC. The number of hydrogen-bond donors (Lipinski definition) is 1. The molecule has 0 atom stereocenters. The van der Waals surface area contributed by atoms with Crippen molar-refractivity contribution in [3.05, 3.63) is 29.1 Å². The zero-order valence-electron chi connectivity index (χ0n) is 15.6. The molecule has 0 saturated heterocycles. The van der Waals surface area contributed by atoms with Crippen molar-refractivity contribution < 1.29 is 19.0 Å². The summed E-state index contributed by atoms with van der Waals surface area (Å²) >= 11 is 0. The largest absolute Gasteiger partial charge is 0.493 e. The third-order valence-electron chi connectivity index (χ3n) is 4.21. The lowest BCUT2D eigenvalue weighted by Crippen LogP contribution is -2.13. The van der Waals surface area contributed by atoms with Crippen LogP contribution in [-0.2, 0) is 18.3 Å². The van der Waals surface area contributed by atoms with Gasteiger partial charge in [0.05, 0.1) is 27.0 Å². The molecule has 25 heavy (non-hydrogen) atoms. The van der Waals surface area contributed by atoms with Crippen molar-refractivity contribution in [1.29, 1.82) is 0 Å². The fourth-order valence-electron chi connectivity index (χ4n) is 2.79. The van der Waals surface area contributed by atoms with Crippen molar-refractivity contribution in [2.24, 2.45) is 7.05 Å². The first-order valence-electron chi connectivity index (χ1n) is 8.00. The Balaban J connectivity index is 2.10. The quantitative estimate of drug-likeness (QED) is 0.833. The summed E-state index contributed by atoms with van der Waals surface area (Å²) in [5, 5.41) is 7.25. The minimum absolute atomic E-state index is 0.0862. The molecule has 0 fully saturated rings. The summed E-state index contributed by atoms with van der Waals surface area (Å²) in [6.45, 7) is 3.96. The van der Waals surface area contributed by atoms with Crippen molar-refractivity contribution in [2.45, 2.75) is 26.7 Å². The molecular formula is C18H25N3O4. The third kappa shape index (κ3) is 4.04. The van der Waals surface area contributed by atoms with Crippen LogP contribution in [-0.4, -0.2) is 37.0 Å². The summed E-state index contributed by atoms with van der Waals surface area (Å²) in [6, 6.07) is 3.42. The van der Waals surface area contributed by atoms with Crippen LogP contribution in [0.2, 0.25) is 0 Å². The summed E-state index contributed by atoms with van der Waals surface area (Å²) in [5.41, 5.74) is 3.75. The van der Waals surface area contributed by atoms with Crippen LogP contribution in [0.5, 0.6) is 17.2 Å². The molecule has 1 heterocycles. The predicted molar refractivity (Wildman–Crippen MR) is 95.7 cm³/mol. The Labute approximate surface area is 147 Å². The van der Waals surface area contributed by atoms with Gasteiger partial charge in [-0.2, -0.15) is 5.10 Å². The standard InChI is InChI=1S/C18H25N3O4/c1-11-14(12(2)21(3)20-11)7-8-17(22)19-13-9-15(23-4)18(25-6)16(10-13)24-5/h9-10H,7-8H2,1-6H3,(H,19,22). The third-order valence-corrected chi connectivity index (χ3v) is 4.21. The van der Waals surface area contributed by atoms with Crippen LogP contribution >= 0.6 is 0 Å². The monoisotopic (exact) mass is 347 g/mol. The highest BCUT2D eigenvalue weighted by atomic mass is 16.5. The molecule has 0 aliphatic rings. The highest BCUT2D eigenvalue weighted by Crippen LogP contribution is 2.39. The highest BCUT2D eigenvalue weighted by Gasteiger charge is 2.15. The first kappa shape index (κ1) is 18.6. The normalized spacial score (nSPS) is 10.5. The van der Waals surface area contributed by atoms with Gasteiger partial charge in [-0.3, -0.25) is 9.48 Å². The molecule has 1 N–H and O–H groups in total. The molecule has 0 aliphatic heterocycles. The van der Waals surface area contributed by atoms with Crippen molar-refractivity contribution in [3.8, 4) is 17.2 Å². The molecule has 0 bridgehead atoms. The molecule has 0 radical (unpaired) electrons. The lowest BCUT2D eigenvalue weighted by Gasteiger charge is -2.14. The van der Waals surface area contributed by atoms with Crippen LogP contribution < -0.4 is 19.5 Å². The molecule has 7 heteroatoms. The van der Waals surface area contributed by atoms with E-state index in [1.54, 1.807) is 12.1 Å². The van der Waals surface area contributed by atoms with Gasteiger partial charge in [0.1, 0.15) is 0 Å². The van der Waals surface area contributed by atoms with Crippen LogP contribution in [0.25, 0.3) is 0 Å². The van der Waals surface area contributed by atoms with Crippen molar-refractivity contribution >= 4 is 11.6 Å². The number of aromatic nitrogens is 2. The molecule has 1 aromatic carbocycles. The van der Waals surface area contributed by atoms with E-state index in [-0.39, 0.29) is 5.91 Å². The average molecular weight is 347 g/mol. The van der Waals surface area contributed by atoms with Gasteiger partial charge in [0.2, 0.25) is 11.7 Å². The Morgan fingerprint density at radius 1 is 1.12 bits per heavy atom. The van der Waals surface area contributed by atoms with Gasteiger partial charge in [0.25, 0.3) is 0 Å². The van der Waals surface area contributed by atoms with Crippen LogP contribution in [0.1, 0.15) is 23.4 Å². The molecule has 7 nitrogen and oxygen atoms in total. The molecule has 136 valence electrons. The maximum atomic E-state index is 12.3. The summed E-state index contributed by atoms with van der Waals surface area (Å²) in [7, 11) is 6.52. The zero-order valence-corrected chi connectivity index (χ0v) is 15.6. The van der Waals surface area contributed by atoms with Gasteiger partial charge in [0, 0.05) is 37.0 Å². The van der Waals surface area contributed by atoms with Crippen LogP contribution in [0.3, 0.4) is 0 Å². The van der Waals surface area contributed by atoms with Gasteiger partial charge in [-0.25, -0.2) is 0 Å². The Morgan fingerprint density at radius 3 is 2.16 bits per heavy atom. The molecule has 1 aromatic heterocycles. The number of nitrogens with one attached hydrogen (secondary N) is 1. The van der Waals surface area contributed by atoms with Crippen molar-refractivity contribution in [1.82, 2.24) is 9.78 Å². The Bertz CT molecular complexity index is 743. The number of aryl methyl sites for hydroxylation is 2. The Morgan fingerprint density at radius 2 is 1.72 bits per heavy atom. The van der Waals surface area contributed by atoms with Gasteiger partial charge in [-0.05, 0) is 25.8 Å². The summed E-state index contributed by atoms with van der Waals surface area (Å²) in [5.74, 6) is 1.40. The molecule has 2 rings (SSSR count). The number of amides is 1. The molecule has 2 aromatic rings. The minimum Gasteiger partial charge on any atom is -0.493 e. The van der Waals surface area contributed by atoms with E-state index in [1.165, 1.54) is 21.3 Å². The maximum absolute atomic E-state index is 12.3. The van der Waals surface area contributed by atoms with Crippen molar-refractivity contribution in [2.75, 3.05) is 26.6 Å². The Kier molecular flexibility index (Phi) is 5.90. The number of rotatable bonds is 7. The van der Waals surface area contributed by atoms with Gasteiger partial charge >= 0.3 is 0 Å². The highest BCUT2D eigenvalue weighted by molar-refractivity contribution is 5.91. The van der Waals surface area contributed by atoms with Crippen LogP contribution in [0.15, 0.2) is 12.1 Å². The van der Waals surface area contributed by atoms with E-state index >= 15 is 0 Å². The number of benzene rings is 1. The molecule has 0 spiro atoms. The zero-order chi connectivity index (χ0) is 18.6. The first-order chi connectivity index (χ1) is 11.9. The number of anilines is 1. The number of nitrogens with zero attached hydrogens (tertiary/aromatic N) is 2. The molecule has 1 amide bonds. The number of hydrogen-bond acceptors (Lipinski definition) is 5. The molecule has 0 unspecified atom stereocenters. The second-order valence-electron chi connectivity index (χ2n) is 5.74. The Hall–Kier alpha value is -2.70. The lowest BCUT2D eigenvalue weighted by atomic mass is 10.1. The second-order valence-corrected chi connectivity index (χ2v) is 5.74. The molecule has 0 saturated carbocycles. The lowest BCUT2D eigenvalue weighted by molar-refractivity contribution is -0.116. The van der Waals surface area contributed by atoms with E-state index in [2.05, 4.69) is 10.4 Å². The summed E-state index contributed by atoms with van der Waals surface area (Å²) in [6.07, 6.45) is 1.01. The smallest absolute Gasteiger partial charge is 0.224 e. The van der Waals surface area contributed by atoms with E-state index in [9.17, 15) is 4.79 Å². The topological polar surface area (TPSA) is 74.6 Å². The fourth-order valence-corrected chi connectivity index (χ4v) is 2.79. The van der Waals surface area contributed by atoms with Crippen LogP contribution in [0.4, 0.5) is 5.69 Å². The van der Waals surface area contributed by atoms with E-state index in [4.69, 9.17) is 14.2 Å². The van der Waals surface area contributed by atoms with Gasteiger partial charge < -0.3 is 19.5 Å². The second kappa shape index (κ2) is 7.92. The molecular weight excluding hydrogens is 322 g/mol. The van der Waals surface area contributed by atoms with Gasteiger partial charge in [-0.15, -0.1) is 0 Å². The average Bonchev–Trinajstić information content (AvgIpc) is 2.84. The van der Waals surface area contributed by atoms with E-state index in [0.29, 0.717) is 35.8 Å². The van der Waals surface area contributed by atoms with Crippen molar-refractivity contribution in [3.63, 3.8) is 0 Å². The van der Waals surface area contributed by atoms with Crippen LogP contribution in [0, 0.1) is 13.8 Å². The van der Waals surface area contributed by atoms with Gasteiger partial charge in [-0.1, -0.05) is 0 Å². The van der Waals surface area contributed by atoms with E-state index in [0.717, 1.165) is 17.0 Å². The first-order valence-corrected chi connectivity index (χ1v) is 8.00. The van der Waals surface area contributed by atoms with E-state index < -0.39 is 0 Å². The number of carbonyl (C=O) groups excluding carboxylic acids is 1. The fraction of sp³-hybridized carbons (Fsp3) is 0.444. The number of ether oxygens (including phenoxy) is 3. The molecule has 0 aliphatic carbocycles. The minimum atomic E-state index is -0.0862. The number of carbonyl (C=O) groups is 1. The predicted octanol–water partition coefficient (Wildman–Crippen LogP) is 2.63. The summed E-state index contributed by atoms with van der Waals surface area (Å²) < 4.78 is 17.7. The number of methoxy groups -OCH3 is 3. The summed E-state index contributed by atoms with van der Waals surface area (Å²) in [4.78, 5) is 12.3.